The molecule has 8 nitrogen and oxygen atoms in total. The van der Waals surface area contributed by atoms with Crippen LogP contribution in [0.25, 0.3) is 5.82 Å². The number of ether oxygens (including phenoxy) is 1. The van der Waals surface area contributed by atoms with E-state index in [0.717, 1.165) is 41.5 Å². The number of benzene rings is 1. The van der Waals surface area contributed by atoms with Crippen LogP contribution in [-0.4, -0.2) is 46.1 Å². The number of nitrogens with zero attached hydrogens (tertiary/aromatic N) is 5. The second-order valence-electron chi connectivity index (χ2n) is 8.14. The molecule has 5 rings (SSSR count). The number of anilines is 2. The zero-order chi connectivity index (χ0) is 21.4. The van der Waals surface area contributed by atoms with Crippen LogP contribution in [0.15, 0.2) is 36.4 Å². The van der Waals surface area contributed by atoms with Crippen LogP contribution in [0, 0.1) is 6.92 Å². The third kappa shape index (κ3) is 3.62. The van der Waals surface area contributed by atoms with E-state index in [9.17, 15) is 4.79 Å². The van der Waals surface area contributed by atoms with Crippen molar-refractivity contribution in [3.63, 3.8) is 0 Å². The molecule has 4 heterocycles. The molecule has 8 heteroatoms. The van der Waals surface area contributed by atoms with E-state index in [1.54, 1.807) is 11.8 Å². The summed E-state index contributed by atoms with van der Waals surface area (Å²) in [6.45, 7) is 4.00. The summed E-state index contributed by atoms with van der Waals surface area (Å²) < 4.78 is 7.08. The third-order valence-electron chi connectivity index (χ3n) is 6.13. The van der Waals surface area contributed by atoms with E-state index in [1.807, 2.05) is 43.3 Å². The Hall–Kier alpha value is -3.42. The summed E-state index contributed by atoms with van der Waals surface area (Å²) in [4.78, 5) is 14.9. The molecule has 3 aromatic rings. The molecule has 2 aliphatic rings. The predicted molar refractivity (Wildman–Crippen MR) is 118 cm³/mol. The van der Waals surface area contributed by atoms with Crippen molar-refractivity contribution in [1.29, 1.82) is 0 Å². The predicted octanol–water partition coefficient (Wildman–Crippen LogP) is 3.44. The molecule has 31 heavy (non-hydrogen) atoms. The Labute approximate surface area is 181 Å². The van der Waals surface area contributed by atoms with Gasteiger partial charge in [0.2, 0.25) is 5.91 Å². The standard InChI is InChI=1S/C23H26N6O2/c1-15-22-18(16-7-6-8-17(13-16)31-2)14-21(30)24-23(22)29(27-15)20-10-9-19(25-26-20)28-11-4-3-5-12-28/h6-10,13,18H,3-5,11-12,14H2,1-2H3,(H,24,30)/t18-/m1/s1. The van der Waals surface area contributed by atoms with E-state index < -0.39 is 0 Å². The number of nitrogens with one attached hydrogen (secondary N) is 1. The van der Waals surface area contributed by atoms with Crippen LogP contribution in [0.1, 0.15) is 48.4 Å². The van der Waals surface area contributed by atoms with Crippen molar-refractivity contribution < 1.29 is 9.53 Å². The normalized spacial score (nSPS) is 18.5. The largest absolute Gasteiger partial charge is 0.497 e. The first-order chi connectivity index (χ1) is 15.1. The SMILES string of the molecule is COc1cccc([C@H]2CC(=O)Nc3c2c(C)nn3-c2ccc(N3CCCCC3)nn2)c1. The number of carbonyl (C=O) groups excluding carboxylic acids is 1. The number of carbonyl (C=O) groups is 1. The lowest BCUT2D eigenvalue weighted by molar-refractivity contribution is -0.116. The second kappa shape index (κ2) is 8.02. The van der Waals surface area contributed by atoms with Gasteiger partial charge in [-0.2, -0.15) is 9.78 Å². The minimum absolute atomic E-state index is 0.0423. The van der Waals surface area contributed by atoms with Gasteiger partial charge in [-0.25, -0.2) is 0 Å². The molecule has 1 aromatic carbocycles. The average molecular weight is 419 g/mol. The topological polar surface area (TPSA) is 85.2 Å². The summed E-state index contributed by atoms with van der Waals surface area (Å²) in [5.41, 5.74) is 2.91. The maximum absolute atomic E-state index is 12.6. The monoisotopic (exact) mass is 418 g/mol. The summed E-state index contributed by atoms with van der Waals surface area (Å²) in [7, 11) is 1.65. The number of aromatic nitrogens is 4. The number of amides is 1. The van der Waals surface area contributed by atoms with Gasteiger partial charge < -0.3 is 15.0 Å². The van der Waals surface area contributed by atoms with Gasteiger partial charge in [0.25, 0.3) is 0 Å². The summed E-state index contributed by atoms with van der Waals surface area (Å²) >= 11 is 0. The second-order valence-corrected chi connectivity index (χ2v) is 8.14. The van der Waals surface area contributed by atoms with E-state index in [-0.39, 0.29) is 11.8 Å². The molecule has 2 aliphatic heterocycles. The van der Waals surface area contributed by atoms with Gasteiger partial charge in [0, 0.05) is 31.0 Å². The van der Waals surface area contributed by atoms with E-state index in [2.05, 4.69) is 20.4 Å². The Kier molecular flexibility index (Phi) is 5.05. The van der Waals surface area contributed by atoms with Gasteiger partial charge in [0.1, 0.15) is 11.6 Å². The zero-order valence-corrected chi connectivity index (χ0v) is 17.8. The highest BCUT2D eigenvalue weighted by Gasteiger charge is 2.33. The molecule has 1 saturated heterocycles. The number of rotatable bonds is 4. The van der Waals surface area contributed by atoms with Crippen molar-refractivity contribution in [3.8, 4) is 11.6 Å². The highest BCUT2D eigenvalue weighted by atomic mass is 16.5. The Morgan fingerprint density at radius 3 is 2.58 bits per heavy atom. The molecule has 160 valence electrons. The van der Waals surface area contributed by atoms with Gasteiger partial charge in [-0.3, -0.25) is 4.79 Å². The van der Waals surface area contributed by atoms with Gasteiger partial charge in [0.15, 0.2) is 11.6 Å². The maximum Gasteiger partial charge on any atom is 0.226 e. The number of piperidine rings is 1. The molecule has 1 amide bonds. The van der Waals surface area contributed by atoms with E-state index in [1.165, 1.54) is 19.3 Å². The molecule has 0 unspecified atom stereocenters. The minimum Gasteiger partial charge on any atom is -0.497 e. The van der Waals surface area contributed by atoms with Gasteiger partial charge >= 0.3 is 0 Å². The highest BCUT2D eigenvalue weighted by Crippen LogP contribution is 2.40. The smallest absolute Gasteiger partial charge is 0.226 e. The molecule has 0 aliphatic carbocycles. The van der Waals surface area contributed by atoms with E-state index in [4.69, 9.17) is 9.84 Å². The van der Waals surface area contributed by atoms with Crippen LogP contribution >= 0.6 is 0 Å². The number of hydrogen-bond donors (Lipinski definition) is 1. The molecule has 2 aromatic heterocycles. The summed E-state index contributed by atoms with van der Waals surface area (Å²) in [5.74, 6) is 2.79. The summed E-state index contributed by atoms with van der Waals surface area (Å²) in [6.07, 6.45) is 4.01. The quantitative estimate of drug-likeness (QED) is 0.699. The summed E-state index contributed by atoms with van der Waals surface area (Å²) in [5, 5.41) is 16.6. The molecule has 0 saturated carbocycles. The Bertz CT molecular complexity index is 1100. The van der Waals surface area contributed by atoms with Crippen LogP contribution in [0.5, 0.6) is 5.75 Å². The minimum atomic E-state index is -0.0896. The van der Waals surface area contributed by atoms with Crippen LogP contribution in [-0.2, 0) is 4.79 Å². The van der Waals surface area contributed by atoms with Crippen molar-refractivity contribution in [1.82, 2.24) is 20.0 Å². The fraction of sp³-hybridized carbons (Fsp3) is 0.391. The maximum atomic E-state index is 12.6. The molecule has 1 fully saturated rings. The average Bonchev–Trinajstić information content (AvgIpc) is 3.15. The number of methoxy groups -OCH3 is 1. The van der Waals surface area contributed by atoms with Crippen molar-refractivity contribution in [2.75, 3.05) is 30.4 Å². The van der Waals surface area contributed by atoms with Crippen molar-refractivity contribution >= 4 is 17.5 Å². The van der Waals surface area contributed by atoms with Crippen LogP contribution < -0.4 is 15.0 Å². The van der Waals surface area contributed by atoms with Gasteiger partial charge in [-0.1, -0.05) is 12.1 Å². The Morgan fingerprint density at radius 1 is 1.06 bits per heavy atom. The fourth-order valence-corrected chi connectivity index (χ4v) is 4.58. The number of aryl methyl sites for hydroxylation is 1. The lowest BCUT2D eigenvalue weighted by Crippen LogP contribution is -2.30. The number of hydrogen-bond acceptors (Lipinski definition) is 6. The molecule has 1 atom stereocenters. The van der Waals surface area contributed by atoms with Crippen molar-refractivity contribution in [2.24, 2.45) is 0 Å². The molecule has 0 spiro atoms. The first-order valence-electron chi connectivity index (χ1n) is 10.8. The first-order valence-corrected chi connectivity index (χ1v) is 10.8. The third-order valence-corrected chi connectivity index (χ3v) is 6.13. The Morgan fingerprint density at radius 2 is 1.84 bits per heavy atom. The molecular formula is C23H26N6O2. The first kappa shape index (κ1) is 19.5. The Balaban J connectivity index is 1.51. The van der Waals surface area contributed by atoms with Gasteiger partial charge in [-0.15, -0.1) is 10.2 Å². The van der Waals surface area contributed by atoms with Crippen LogP contribution in [0.2, 0.25) is 0 Å². The molecule has 0 bridgehead atoms. The molecule has 0 radical (unpaired) electrons. The lowest BCUT2D eigenvalue weighted by Gasteiger charge is -2.27. The lowest BCUT2D eigenvalue weighted by atomic mass is 9.86. The fourth-order valence-electron chi connectivity index (χ4n) is 4.58. The summed E-state index contributed by atoms with van der Waals surface area (Å²) in [6, 6.07) is 11.8. The van der Waals surface area contributed by atoms with Gasteiger partial charge in [0.05, 0.1) is 12.8 Å². The molecule has 1 N–H and O–H groups in total. The van der Waals surface area contributed by atoms with Crippen molar-refractivity contribution in [3.05, 3.63) is 53.2 Å². The highest BCUT2D eigenvalue weighted by molar-refractivity contribution is 5.95. The zero-order valence-electron chi connectivity index (χ0n) is 17.8. The van der Waals surface area contributed by atoms with E-state index >= 15 is 0 Å². The van der Waals surface area contributed by atoms with Crippen LogP contribution in [0.3, 0.4) is 0 Å². The van der Waals surface area contributed by atoms with Crippen molar-refractivity contribution in [2.45, 2.75) is 38.5 Å². The van der Waals surface area contributed by atoms with Gasteiger partial charge in [-0.05, 0) is 56.0 Å². The van der Waals surface area contributed by atoms with Crippen LogP contribution in [0.4, 0.5) is 11.6 Å². The molecular weight excluding hydrogens is 392 g/mol. The van der Waals surface area contributed by atoms with E-state index in [0.29, 0.717) is 18.1 Å². The number of fused-ring (bicyclic) bond motifs is 1.